The lowest BCUT2D eigenvalue weighted by molar-refractivity contribution is 0.669. The zero-order valence-electron chi connectivity index (χ0n) is 26.2. The van der Waals surface area contributed by atoms with Crippen molar-refractivity contribution in [3.8, 4) is 17.2 Å². The van der Waals surface area contributed by atoms with Crippen LogP contribution in [0.2, 0.25) is 0 Å². The Bertz CT molecular complexity index is 2790. The van der Waals surface area contributed by atoms with Gasteiger partial charge in [-0.1, -0.05) is 72.8 Å². The summed E-state index contributed by atoms with van der Waals surface area (Å²) in [5.74, 6) is 0. The maximum absolute atomic E-state index is 9.26. The molecule has 0 atom stereocenters. The van der Waals surface area contributed by atoms with Crippen molar-refractivity contribution in [1.29, 1.82) is 5.26 Å². The topological polar surface area (TPSA) is 53.3 Å². The van der Waals surface area contributed by atoms with E-state index in [0.717, 1.165) is 93.6 Å². The Kier molecular flexibility index (Phi) is 5.90. The number of benzene rings is 8. The van der Waals surface area contributed by atoms with Crippen LogP contribution >= 0.6 is 0 Å². The molecule has 2 heterocycles. The summed E-state index contributed by atoms with van der Waals surface area (Å²) >= 11 is 0. The van der Waals surface area contributed by atoms with E-state index in [-0.39, 0.29) is 0 Å². The first-order chi connectivity index (χ1) is 24.2. The molecule has 0 radical (unpaired) electrons. The third-order valence-electron chi connectivity index (χ3n) is 9.63. The van der Waals surface area contributed by atoms with Gasteiger partial charge in [0.25, 0.3) is 0 Å². The Hall–Kier alpha value is -6.83. The normalized spacial score (nSPS) is 11.7. The van der Waals surface area contributed by atoms with Gasteiger partial charge in [0.05, 0.1) is 11.6 Å². The fourth-order valence-corrected chi connectivity index (χ4v) is 7.18. The molecule has 0 unspecified atom stereocenters. The van der Waals surface area contributed by atoms with Gasteiger partial charge < -0.3 is 13.7 Å². The molecule has 0 aliphatic heterocycles. The molecule has 0 fully saturated rings. The van der Waals surface area contributed by atoms with E-state index in [1.807, 2.05) is 48.5 Å². The molecular formula is C45H26N2O2. The van der Waals surface area contributed by atoms with Gasteiger partial charge in [-0.15, -0.1) is 0 Å². The lowest BCUT2D eigenvalue weighted by atomic mass is 10.0. The first kappa shape index (κ1) is 27.3. The van der Waals surface area contributed by atoms with Crippen molar-refractivity contribution in [1.82, 2.24) is 0 Å². The van der Waals surface area contributed by atoms with E-state index >= 15 is 0 Å². The molecule has 2 aromatic heterocycles. The number of fused-ring (bicyclic) bond motifs is 8. The second-order valence-corrected chi connectivity index (χ2v) is 12.5. The van der Waals surface area contributed by atoms with Crippen molar-refractivity contribution < 1.29 is 8.83 Å². The monoisotopic (exact) mass is 626 g/mol. The highest BCUT2D eigenvalue weighted by molar-refractivity contribution is 6.12. The minimum atomic E-state index is 0.653. The standard InChI is InChI=1S/C45H26N2O2/c46-27-28-9-11-29(12-10-28)30-13-17-35(18-14-30)47(36-19-15-31-25-44-40(23-33(31)21-36)38-5-1-3-7-42(38)48-44)37-20-16-32-26-45-41(24-34(32)22-37)39-6-2-4-8-43(39)49-45/h1-26H. The smallest absolute Gasteiger partial charge is 0.136 e. The van der Waals surface area contributed by atoms with Crippen LogP contribution in [0.3, 0.4) is 0 Å². The lowest BCUT2D eigenvalue weighted by Crippen LogP contribution is -2.09. The summed E-state index contributed by atoms with van der Waals surface area (Å²) in [6.45, 7) is 0. The van der Waals surface area contributed by atoms with Crippen LogP contribution in [0.5, 0.6) is 0 Å². The fraction of sp³-hybridized carbons (Fsp3) is 0. The number of nitriles is 1. The Morgan fingerprint density at radius 3 is 1.37 bits per heavy atom. The minimum Gasteiger partial charge on any atom is -0.456 e. The first-order valence-electron chi connectivity index (χ1n) is 16.3. The number of hydrogen-bond acceptors (Lipinski definition) is 4. The number of furan rings is 2. The quantitative estimate of drug-likeness (QED) is 0.195. The van der Waals surface area contributed by atoms with Crippen molar-refractivity contribution in [3.05, 3.63) is 163 Å². The van der Waals surface area contributed by atoms with Crippen LogP contribution < -0.4 is 4.90 Å². The highest BCUT2D eigenvalue weighted by Gasteiger charge is 2.17. The van der Waals surface area contributed by atoms with Gasteiger partial charge in [-0.3, -0.25) is 0 Å². The van der Waals surface area contributed by atoms with Crippen molar-refractivity contribution in [2.24, 2.45) is 0 Å². The molecule has 49 heavy (non-hydrogen) atoms. The van der Waals surface area contributed by atoms with Gasteiger partial charge in [-0.05, 0) is 118 Å². The van der Waals surface area contributed by atoms with E-state index in [2.05, 4.69) is 120 Å². The summed E-state index contributed by atoms with van der Waals surface area (Å²) in [7, 11) is 0. The molecule has 8 aromatic carbocycles. The largest absolute Gasteiger partial charge is 0.456 e. The van der Waals surface area contributed by atoms with E-state index < -0.39 is 0 Å². The molecule has 0 amide bonds. The molecule has 10 rings (SSSR count). The highest BCUT2D eigenvalue weighted by Crippen LogP contribution is 2.41. The predicted molar refractivity (Wildman–Crippen MR) is 201 cm³/mol. The third kappa shape index (κ3) is 4.45. The van der Waals surface area contributed by atoms with Crippen LogP contribution in [0.25, 0.3) is 76.5 Å². The molecule has 10 aromatic rings. The molecule has 4 nitrogen and oxygen atoms in total. The number of rotatable bonds is 4. The van der Waals surface area contributed by atoms with E-state index in [4.69, 9.17) is 8.83 Å². The van der Waals surface area contributed by atoms with E-state index in [0.29, 0.717) is 5.56 Å². The van der Waals surface area contributed by atoms with Crippen LogP contribution in [-0.2, 0) is 0 Å². The van der Waals surface area contributed by atoms with Gasteiger partial charge in [0, 0.05) is 38.6 Å². The molecular weight excluding hydrogens is 601 g/mol. The fourth-order valence-electron chi connectivity index (χ4n) is 7.18. The molecule has 0 spiro atoms. The molecule has 0 aliphatic carbocycles. The van der Waals surface area contributed by atoms with Gasteiger partial charge in [0.2, 0.25) is 0 Å². The number of nitrogens with zero attached hydrogens (tertiary/aromatic N) is 2. The van der Waals surface area contributed by atoms with Crippen molar-refractivity contribution in [2.45, 2.75) is 0 Å². The third-order valence-corrected chi connectivity index (χ3v) is 9.63. The van der Waals surface area contributed by atoms with Gasteiger partial charge in [-0.2, -0.15) is 5.26 Å². The van der Waals surface area contributed by atoms with Gasteiger partial charge in [-0.25, -0.2) is 0 Å². The molecule has 0 N–H and O–H groups in total. The molecule has 0 saturated heterocycles. The number of hydrogen-bond donors (Lipinski definition) is 0. The molecule has 0 saturated carbocycles. The Balaban J connectivity index is 1.15. The second-order valence-electron chi connectivity index (χ2n) is 12.5. The Labute approximate surface area is 281 Å². The van der Waals surface area contributed by atoms with E-state index in [1.165, 1.54) is 0 Å². The molecule has 0 bridgehead atoms. The molecule has 228 valence electrons. The first-order valence-corrected chi connectivity index (χ1v) is 16.3. The number of anilines is 3. The summed E-state index contributed by atoms with van der Waals surface area (Å²) in [5.41, 5.74) is 9.55. The average Bonchev–Trinajstić information content (AvgIpc) is 3.70. The van der Waals surface area contributed by atoms with Crippen molar-refractivity contribution in [3.63, 3.8) is 0 Å². The summed E-state index contributed by atoms with van der Waals surface area (Å²) < 4.78 is 12.4. The predicted octanol–water partition coefficient (Wildman–Crippen LogP) is 12.8. The molecule has 4 heteroatoms. The molecule has 0 aliphatic rings. The van der Waals surface area contributed by atoms with E-state index in [9.17, 15) is 5.26 Å². The van der Waals surface area contributed by atoms with Crippen LogP contribution in [-0.4, -0.2) is 0 Å². The van der Waals surface area contributed by atoms with Gasteiger partial charge in [0.1, 0.15) is 22.3 Å². The zero-order chi connectivity index (χ0) is 32.5. The van der Waals surface area contributed by atoms with Crippen LogP contribution in [0, 0.1) is 11.3 Å². The minimum absolute atomic E-state index is 0.653. The van der Waals surface area contributed by atoms with Crippen molar-refractivity contribution >= 4 is 82.5 Å². The van der Waals surface area contributed by atoms with Crippen LogP contribution in [0.15, 0.2) is 167 Å². The second kappa shape index (κ2) is 10.6. The van der Waals surface area contributed by atoms with Crippen molar-refractivity contribution in [2.75, 3.05) is 4.90 Å². The summed E-state index contributed by atoms with van der Waals surface area (Å²) in [5, 5.41) is 18.2. The van der Waals surface area contributed by atoms with Crippen LogP contribution in [0.1, 0.15) is 5.56 Å². The zero-order valence-corrected chi connectivity index (χ0v) is 26.2. The maximum Gasteiger partial charge on any atom is 0.136 e. The Morgan fingerprint density at radius 2 is 0.857 bits per heavy atom. The summed E-state index contributed by atoms with van der Waals surface area (Å²) in [6, 6.07) is 57.0. The van der Waals surface area contributed by atoms with Gasteiger partial charge >= 0.3 is 0 Å². The number of para-hydroxylation sites is 2. The summed E-state index contributed by atoms with van der Waals surface area (Å²) in [4.78, 5) is 2.32. The Morgan fingerprint density at radius 1 is 0.388 bits per heavy atom. The SMILES string of the molecule is N#Cc1ccc(-c2ccc(N(c3ccc4cc5oc6ccccc6c5cc4c3)c3ccc4cc5oc6ccccc6c5cc4c3)cc2)cc1. The van der Waals surface area contributed by atoms with E-state index in [1.54, 1.807) is 0 Å². The summed E-state index contributed by atoms with van der Waals surface area (Å²) in [6.07, 6.45) is 0. The average molecular weight is 627 g/mol. The van der Waals surface area contributed by atoms with Gasteiger partial charge in [0.15, 0.2) is 0 Å². The lowest BCUT2D eigenvalue weighted by Gasteiger charge is -2.26. The van der Waals surface area contributed by atoms with Crippen LogP contribution in [0.4, 0.5) is 17.1 Å². The highest BCUT2D eigenvalue weighted by atomic mass is 16.3. The maximum atomic E-state index is 9.26.